The van der Waals surface area contributed by atoms with Crippen molar-refractivity contribution in [2.24, 2.45) is 0 Å². The van der Waals surface area contributed by atoms with Crippen molar-refractivity contribution in [1.82, 2.24) is 5.32 Å². The number of carbonyl (C=O) groups excluding carboxylic acids is 1. The Kier molecular flexibility index (Phi) is 6.44. The maximum Gasteiger partial charge on any atom is 0.261 e. The highest BCUT2D eigenvalue weighted by molar-refractivity contribution is 7.17. The predicted molar refractivity (Wildman–Crippen MR) is 105 cm³/mol. The van der Waals surface area contributed by atoms with Gasteiger partial charge in [-0.15, -0.1) is 11.3 Å². The molecule has 0 saturated carbocycles. The number of thiophene rings is 1. The maximum atomic E-state index is 13.0. The Hall–Kier alpha value is -2.86. The zero-order chi connectivity index (χ0) is 19.1. The van der Waals surface area contributed by atoms with Crippen LogP contribution >= 0.6 is 11.3 Å². The van der Waals surface area contributed by atoms with Crippen molar-refractivity contribution in [3.8, 4) is 21.9 Å². The Bertz CT molecular complexity index is 875. The second kappa shape index (κ2) is 9.19. The summed E-state index contributed by atoms with van der Waals surface area (Å²) in [6, 6.07) is 17.2. The summed E-state index contributed by atoms with van der Waals surface area (Å²) in [7, 11) is 0. The Labute approximate surface area is 161 Å². The molecule has 1 aromatic heterocycles. The van der Waals surface area contributed by atoms with Gasteiger partial charge < -0.3 is 14.8 Å². The minimum absolute atomic E-state index is 0.149. The lowest BCUT2D eigenvalue weighted by atomic mass is 10.2. The fraction of sp³-hybridized carbons (Fsp3) is 0.190. The van der Waals surface area contributed by atoms with Crippen LogP contribution in [0.1, 0.15) is 16.6 Å². The molecule has 3 rings (SSSR count). The second-order valence-corrected chi connectivity index (χ2v) is 6.76. The molecule has 3 aromatic rings. The van der Waals surface area contributed by atoms with E-state index in [-0.39, 0.29) is 11.7 Å². The molecule has 0 fully saturated rings. The van der Waals surface area contributed by atoms with Gasteiger partial charge in [-0.3, -0.25) is 4.79 Å². The Morgan fingerprint density at radius 1 is 0.963 bits per heavy atom. The third kappa shape index (κ3) is 5.31. The lowest BCUT2D eigenvalue weighted by Crippen LogP contribution is -2.27. The van der Waals surface area contributed by atoms with Gasteiger partial charge in [-0.2, -0.15) is 0 Å². The second-order valence-electron chi connectivity index (χ2n) is 5.68. The Balaban J connectivity index is 1.46. The van der Waals surface area contributed by atoms with Crippen LogP contribution in [0.15, 0.2) is 60.7 Å². The summed E-state index contributed by atoms with van der Waals surface area (Å²) in [5.74, 6) is 1.10. The van der Waals surface area contributed by atoms with Gasteiger partial charge in [-0.25, -0.2) is 4.39 Å². The largest absolute Gasteiger partial charge is 0.494 e. The average Bonchev–Trinajstić information content (AvgIpc) is 3.17. The molecular weight excluding hydrogens is 365 g/mol. The molecule has 6 heteroatoms. The first-order valence-electron chi connectivity index (χ1n) is 8.65. The number of hydrogen-bond donors (Lipinski definition) is 1. The highest BCUT2D eigenvalue weighted by Gasteiger charge is 2.10. The summed E-state index contributed by atoms with van der Waals surface area (Å²) < 4.78 is 24.0. The summed E-state index contributed by atoms with van der Waals surface area (Å²) in [5, 5.41) is 2.84. The van der Waals surface area contributed by atoms with Crippen LogP contribution in [0.4, 0.5) is 4.39 Å². The van der Waals surface area contributed by atoms with E-state index in [9.17, 15) is 9.18 Å². The SMILES string of the molecule is CCOc1ccc(OCCNC(=O)c2ccc(-c3ccc(F)cc3)s2)cc1. The lowest BCUT2D eigenvalue weighted by molar-refractivity contribution is 0.0951. The van der Waals surface area contributed by atoms with Gasteiger partial charge in [0.25, 0.3) is 5.91 Å². The molecule has 4 nitrogen and oxygen atoms in total. The third-order valence-corrected chi connectivity index (χ3v) is 4.88. The molecule has 0 aliphatic rings. The van der Waals surface area contributed by atoms with Crippen LogP contribution < -0.4 is 14.8 Å². The summed E-state index contributed by atoms with van der Waals surface area (Å²) in [5.41, 5.74) is 0.888. The molecule has 0 unspecified atom stereocenters. The minimum Gasteiger partial charge on any atom is -0.494 e. The van der Waals surface area contributed by atoms with Crippen molar-refractivity contribution >= 4 is 17.2 Å². The highest BCUT2D eigenvalue weighted by Crippen LogP contribution is 2.28. The zero-order valence-corrected chi connectivity index (χ0v) is 15.7. The fourth-order valence-electron chi connectivity index (χ4n) is 2.45. The van der Waals surface area contributed by atoms with Gasteiger partial charge in [0.1, 0.15) is 23.9 Å². The zero-order valence-electron chi connectivity index (χ0n) is 14.9. The van der Waals surface area contributed by atoms with Crippen LogP contribution in [0.3, 0.4) is 0 Å². The van der Waals surface area contributed by atoms with E-state index in [1.165, 1.54) is 23.5 Å². The van der Waals surface area contributed by atoms with Crippen molar-refractivity contribution in [2.45, 2.75) is 6.92 Å². The average molecular weight is 385 g/mol. The molecular formula is C21H20FNO3S. The molecule has 1 heterocycles. The van der Waals surface area contributed by atoms with Crippen LogP contribution in [0.25, 0.3) is 10.4 Å². The number of carbonyl (C=O) groups is 1. The number of rotatable bonds is 8. The molecule has 0 saturated heterocycles. The van der Waals surface area contributed by atoms with Gasteiger partial charge in [0.05, 0.1) is 18.0 Å². The quantitative estimate of drug-likeness (QED) is 0.569. The third-order valence-electron chi connectivity index (χ3n) is 3.75. The van der Waals surface area contributed by atoms with E-state index >= 15 is 0 Å². The molecule has 1 N–H and O–H groups in total. The van der Waals surface area contributed by atoms with Gasteiger partial charge in [0, 0.05) is 4.88 Å². The van der Waals surface area contributed by atoms with Crippen molar-refractivity contribution < 1.29 is 18.7 Å². The number of amides is 1. The van der Waals surface area contributed by atoms with Crippen LogP contribution in [0.2, 0.25) is 0 Å². The number of benzene rings is 2. The van der Waals surface area contributed by atoms with Crippen LogP contribution in [0, 0.1) is 5.82 Å². The van der Waals surface area contributed by atoms with Crippen molar-refractivity contribution in [3.05, 3.63) is 71.4 Å². The summed E-state index contributed by atoms with van der Waals surface area (Å²) in [6.07, 6.45) is 0. The van der Waals surface area contributed by atoms with Crippen LogP contribution in [0.5, 0.6) is 11.5 Å². The van der Waals surface area contributed by atoms with Crippen molar-refractivity contribution in [2.75, 3.05) is 19.8 Å². The summed E-state index contributed by atoms with van der Waals surface area (Å²) in [4.78, 5) is 13.8. The number of ether oxygens (including phenoxy) is 2. The van der Waals surface area contributed by atoms with Crippen molar-refractivity contribution in [1.29, 1.82) is 0 Å². The Morgan fingerprint density at radius 2 is 1.63 bits per heavy atom. The van der Waals surface area contributed by atoms with Crippen molar-refractivity contribution in [3.63, 3.8) is 0 Å². The number of nitrogens with one attached hydrogen (secondary N) is 1. The molecule has 0 radical (unpaired) electrons. The molecule has 140 valence electrons. The summed E-state index contributed by atoms with van der Waals surface area (Å²) in [6.45, 7) is 3.33. The molecule has 0 bridgehead atoms. The number of halogens is 1. The first kappa shape index (κ1) is 18.9. The summed E-state index contributed by atoms with van der Waals surface area (Å²) >= 11 is 1.37. The van der Waals surface area contributed by atoms with Crippen LogP contribution in [-0.2, 0) is 0 Å². The normalized spacial score (nSPS) is 10.4. The van der Waals surface area contributed by atoms with E-state index in [2.05, 4.69) is 5.32 Å². The minimum atomic E-state index is -0.277. The van der Waals surface area contributed by atoms with E-state index in [1.54, 1.807) is 18.2 Å². The molecule has 1 amide bonds. The van der Waals surface area contributed by atoms with E-state index in [0.29, 0.717) is 24.6 Å². The lowest BCUT2D eigenvalue weighted by Gasteiger charge is -2.08. The molecule has 0 atom stereocenters. The maximum absolute atomic E-state index is 13.0. The Morgan fingerprint density at radius 3 is 2.30 bits per heavy atom. The molecule has 0 spiro atoms. The molecule has 0 aliphatic heterocycles. The van der Waals surface area contributed by atoms with Gasteiger partial charge in [0.15, 0.2) is 0 Å². The fourth-order valence-corrected chi connectivity index (χ4v) is 3.38. The highest BCUT2D eigenvalue weighted by atomic mass is 32.1. The van der Waals surface area contributed by atoms with E-state index < -0.39 is 0 Å². The van der Waals surface area contributed by atoms with E-state index in [0.717, 1.165) is 21.9 Å². The monoisotopic (exact) mass is 385 g/mol. The molecule has 0 aliphatic carbocycles. The first-order chi connectivity index (χ1) is 13.2. The topological polar surface area (TPSA) is 47.6 Å². The molecule has 27 heavy (non-hydrogen) atoms. The van der Waals surface area contributed by atoms with Gasteiger partial charge in [0.2, 0.25) is 0 Å². The van der Waals surface area contributed by atoms with E-state index in [4.69, 9.17) is 9.47 Å². The predicted octanol–water partition coefficient (Wildman–Crippen LogP) is 4.76. The van der Waals surface area contributed by atoms with Crippen LogP contribution in [-0.4, -0.2) is 25.7 Å². The van der Waals surface area contributed by atoms with Gasteiger partial charge in [-0.1, -0.05) is 12.1 Å². The standard InChI is InChI=1S/C21H20FNO3S/c1-2-25-17-7-9-18(10-8-17)26-14-13-23-21(24)20-12-11-19(27-20)15-3-5-16(22)6-4-15/h3-12H,2,13-14H2,1H3,(H,23,24). The number of hydrogen-bond acceptors (Lipinski definition) is 4. The van der Waals surface area contributed by atoms with E-state index in [1.807, 2.05) is 37.3 Å². The molecule has 2 aromatic carbocycles. The van der Waals surface area contributed by atoms with Gasteiger partial charge >= 0.3 is 0 Å². The first-order valence-corrected chi connectivity index (χ1v) is 9.47. The van der Waals surface area contributed by atoms with Gasteiger partial charge in [-0.05, 0) is 61.0 Å². The smallest absolute Gasteiger partial charge is 0.261 e.